The van der Waals surface area contributed by atoms with Crippen molar-refractivity contribution in [3.05, 3.63) is 75.6 Å². The molecule has 0 bridgehead atoms. The molecule has 33 heavy (non-hydrogen) atoms. The number of hydrogen-bond donors (Lipinski definition) is 0. The minimum Gasteiger partial charge on any atom is -0.454 e. The molecule has 5 aromatic rings. The molecule has 1 aliphatic heterocycles. The highest BCUT2D eigenvalue weighted by Crippen LogP contribution is 2.35. The van der Waals surface area contributed by atoms with E-state index in [1.165, 1.54) is 10.9 Å². The lowest BCUT2D eigenvalue weighted by Gasteiger charge is -2.03. The zero-order chi connectivity index (χ0) is 22.4. The van der Waals surface area contributed by atoms with Crippen LogP contribution in [0.4, 0.5) is 0 Å². The van der Waals surface area contributed by atoms with Gasteiger partial charge in [-0.3, -0.25) is 9.36 Å². The number of hydrogen-bond acceptors (Lipinski definition) is 9. The summed E-state index contributed by atoms with van der Waals surface area (Å²) in [6.07, 6.45) is 1.41. The average molecular weight is 464 g/mol. The lowest BCUT2D eigenvalue weighted by molar-refractivity contribution is 0.174. The van der Waals surface area contributed by atoms with Crippen LogP contribution in [0.3, 0.4) is 0 Å². The highest BCUT2D eigenvalue weighted by Gasteiger charge is 2.18. The smallest absolute Gasteiger partial charge is 0.283 e. The van der Waals surface area contributed by atoms with E-state index in [4.69, 9.17) is 25.6 Å². The number of halogens is 1. The summed E-state index contributed by atoms with van der Waals surface area (Å²) < 4.78 is 18.9. The van der Waals surface area contributed by atoms with E-state index in [0.29, 0.717) is 40.1 Å². The Kier molecular flexibility index (Phi) is 4.54. The zero-order valence-corrected chi connectivity index (χ0v) is 17.6. The van der Waals surface area contributed by atoms with E-state index in [2.05, 4.69) is 25.4 Å². The third-order valence-electron chi connectivity index (χ3n) is 5.14. The molecule has 3 aromatic heterocycles. The SMILES string of the molecule is O=c1c2nnn(Cc3ccc(Cl)cc3)c2ncn1Cc1nc(-c2ccc3c(c2)OCO3)no1. The molecular formula is C21H14ClN7O4. The van der Waals surface area contributed by atoms with Crippen molar-refractivity contribution < 1.29 is 14.0 Å². The summed E-state index contributed by atoms with van der Waals surface area (Å²) >= 11 is 5.93. The maximum absolute atomic E-state index is 12.9. The van der Waals surface area contributed by atoms with E-state index in [0.717, 1.165) is 5.56 Å². The minimum atomic E-state index is -0.356. The highest BCUT2D eigenvalue weighted by atomic mass is 35.5. The molecule has 0 saturated heterocycles. The van der Waals surface area contributed by atoms with Gasteiger partial charge >= 0.3 is 0 Å². The molecule has 0 radical (unpaired) electrons. The molecule has 0 unspecified atom stereocenters. The monoisotopic (exact) mass is 463 g/mol. The fraction of sp³-hybridized carbons (Fsp3) is 0.143. The first-order valence-corrected chi connectivity index (χ1v) is 10.3. The van der Waals surface area contributed by atoms with Crippen LogP contribution in [0.1, 0.15) is 11.5 Å². The predicted octanol–water partition coefficient (Wildman–Crippen LogP) is 2.52. The van der Waals surface area contributed by atoms with E-state index >= 15 is 0 Å². The molecule has 0 N–H and O–H groups in total. The van der Waals surface area contributed by atoms with E-state index in [9.17, 15) is 4.79 Å². The zero-order valence-electron chi connectivity index (χ0n) is 16.9. The van der Waals surface area contributed by atoms with Gasteiger partial charge in [0.1, 0.15) is 12.9 Å². The summed E-state index contributed by atoms with van der Waals surface area (Å²) in [6, 6.07) is 12.7. The second kappa shape index (κ2) is 7.71. The number of ether oxygens (including phenoxy) is 2. The van der Waals surface area contributed by atoms with Crippen molar-refractivity contribution >= 4 is 22.8 Å². The van der Waals surface area contributed by atoms with Crippen LogP contribution in [0.5, 0.6) is 11.5 Å². The van der Waals surface area contributed by atoms with E-state index in [-0.39, 0.29) is 30.3 Å². The molecule has 11 nitrogen and oxygen atoms in total. The molecule has 0 aliphatic carbocycles. The van der Waals surface area contributed by atoms with Gasteiger partial charge in [-0.15, -0.1) is 5.10 Å². The van der Waals surface area contributed by atoms with Crippen molar-refractivity contribution in [1.82, 2.24) is 34.7 Å². The van der Waals surface area contributed by atoms with Crippen LogP contribution in [-0.4, -0.2) is 41.5 Å². The second-order valence-corrected chi connectivity index (χ2v) is 7.74. The first-order chi connectivity index (χ1) is 16.1. The molecule has 164 valence electrons. The molecule has 0 spiro atoms. The molecule has 0 atom stereocenters. The quantitative estimate of drug-likeness (QED) is 0.386. The molecule has 12 heteroatoms. The van der Waals surface area contributed by atoms with Gasteiger partial charge in [-0.05, 0) is 35.9 Å². The largest absolute Gasteiger partial charge is 0.454 e. The molecule has 1 aliphatic rings. The van der Waals surface area contributed by atoms with Gasteiger partial charge in [0.15, 0.2) is 22.7 Å². The number of aromatic nitrogens is 7. The van der Waals surface area contributed by atoms with Gasteiger partial charge in [-0.2, -0.15) is 4.98 Å². The first-order valence-electron chi connectivity index (χ1n) is 9.90. The van der Waals surface area contributed by atoms with Gasteiger partial charge in [-0.1, -0.05) is 34.1 Å². The Labute approximate surface area is 190 Å². The van der Waals surface area contributed by atoms with Gasteiger partial charge in [0.25, 0.3) is 5.56 Å². The maximum atomic E-state index is 12.9. The fourth-order valence-electron chi connectivity index (χ4n) is 3.49. The van der Waals surface area contributed by atoms with Crippen molar-refractivity contribution in [2.24, 2.45) is 0 Å². The molecule has 2 aromatic carbocycles. The van der Waals surface area contributed by atoms with Crippen LogP contribution in [-0.2, 0) is 13.1 Å². The lowest BCUT2D eigenvalue weighted by Crippen LogP contribution is -2.21. The Morgan fingerprint density at radius 1 is 1.03 bits per heavy atom. The summed E-state index contributed by atoms with van der Waals surface area (Å²) in [4.78, 5) is 21.7. The Bertz CT molecular complexity index is 1540. The van der Waals surface area contributed by atoms with Gasteiger partial charge in [0.2, 0.25) is 18.5 Å². The van der Waals surface area contributed by atoms with Crippen molar-refractivity contribution in [3.8, 4) is 22.9 Å². The highest BCUT2D eigenvalue weighted by molar-refractivity contribution is 6.30. The molecule has 0 amide bonds. The van der Waals surface area contributed by atoms with Crippen molar-refractivity contribution in [2.45, 2.75) is 13.1 Å². The number of benzene rings is 2. The lowest BCUT2D eigenvalue weighted by atomic mass is 10.2. The second-order valence-electron chi connectivity index (χ2n) is 7.30. The van der Waals surface area contributed by atoms with E-state index in [1.807, 2.05) is 12.1 Å². The topological polar surface area (TPSA) is 123 Å². The number of rotatable bonds is 5. The van der Waals surface area contributed by atoms with Crippen LogP contribution in [0.2, 0.25) is 5.02 Å². The standard InChI is InChI=1S/C21H14ClN7O4/c22-14-4-1-12(2-5-14)8-29-20-18(25-27-29)21(30)28(10-23-20)9-17-24-19(26-33-17)13-3-6-15-16(7-13)32-11-31-15/h1-7,10H,8-9,11H2. The van der Waals surface area contributed by atoms with E-state index in [1.54, 1.807) is 35.0 Å². The molecule has 4 heterocycles. The summed E-state index contributed by atoms with van der Waals surface area (Å²) in [6.45, 7) is 0.634. The predicted molar refractivity (Wildman–Crippen MR) is 115 cm³/mol. The van der Waals surface area contributed by atoms with Crippen molar-refractivity contribution in [2.75, 3.05) is 6.79 Å². The Balaban J connectivity index is 1.25. The first kappa shape index (κ1) is 19.4. The Morgan fingerprint density at radius 2 is 1.88 bits per heavy atom. The van der Waals surface area contributed by atoms with Crippen LogP contribution in [0, 0.1) is 0 Å². The average Bonchev–Trinajstić information content (AvgIpc) is 3.57. The van der Waals surface area contributed by atoms with Crippen LogP contribution in [0.15, 0.2) is 58.1 Å². The van der Waals surface area contributed by atoms with Crippen molar-refractivity contribution in [3.63, 3.8) is 0 Å². The summed E-state index contributed by atoms with van der Waals surface area (Å²) in [5, 5.41) is 12.7. The summed E-state index contributed by atoms with van der Waals surface area (Å²) in [7, 11) is 0. The van der Waals surface area contributed by atoms with Crippen LogP contribution >= 0.6 is 11.6 Å². The van der Waals surface area contributed by atoms with Gasteiger partial charge in [0.05, 0.1) is 6.54 Å². The van der Waals surface area contributed by atoms with Gasteiger partial charge in [-0.25, -0.2) is 9.67 Å². The number of fused-ring (bicyclic) bond motifs is 2. The third kappa shape index (κ3) is 3.57. The van der Waals surface area contributed by atoms with E-state index < -0.39 is 0 Å². The maximum Gasteiger partial charge on any atom is 0.283 e. The number of nitrogens with zero attached hydrogens (tertiary/aromatic N) is 7. The molecule has 6 rings (SSSR count). The van der Waals surface area contributed by atoms with Gasteiger partial charge < -0.3 is 14.0 Å². The Hall–Kier alpha value is -4.25. The molecule has 0 saturated carbocycles. The van der Waals surface area contributed by atoms with Gasteiger partial charge in [0, 0.05) is 10.6 Å². The Morgan fingerprint density at radius 3 is 2.76 bits per heavy atom. The normalized spacial score (nSPS) is 12.5. The molecular weight excluding hydrogens is 450 g/mol. The van der Waals surface area contributed by atoms with Crippen LogP contribution < -0.4 is 15.0 Å². The third-order valence-corrected chi connectivity index (χ3v) is 5.39. The fourth-order valence-corrected chi connectivity index (χ4v) is 3.61. The summed E-state index contributed by atoms with van der Waals surface area (Å²) in [5.41, 5.74) is 1.85. The minimum absolute atomic E-state index is 0.0450. The molecule has 0 fully saturated rings. The van der Waals surface area contributed by atoms with Crippen molar-refractivity contribution in [1.29, 1.82) is 0 Å². The van der Waals surface area contributed by atoms with Crippen LogP contribution in [0.25, 0.3) is 22.6 Å². The summed E-state index contributed by atoms with van der Waals surface area (Å²) in [5.74, 6) is 1.91.